The van der Waals surface area contributed by atoms with Crippen molar-refractivity contribution in [2.24, 2.45) is 5.73 Å². The van der Waals surface area contributed by atoms with Crippen molar-refractivity contribution in [3.63, 3.8) is 0 Å². The van der Waals surface area contributed by atoms with Gasteiger partial charge in [-0.25, -0.2) is 8.42 Å². The molecular formula is C13H17ClN2O3S. The third kappa shape index (κ3) is 3.71. The van der Waals surface area contributed by atoms with Gasteiger partial charge in [-0.05, 0) is 37.1 Å². The fraction of sp³-hybridized carbons (Fsp3) is 0.462. The van der Waals surface area contributed by atoms with Crippen molar-refractivity contribution in [3.05, 3.63) is 29.3 Å². The molecule has 1 aliphatic heterocycles. The maximum Gasteiger partial charge on any atom is 0.238 e. The fourth-order valence-corrected chi connectivity index (χ4v) is 3.57. The van der Waals surface area contributed by atoms with E-state index in [0.717, 1.165) is 12.8 Å². The van der Waals surface area contributed by atoms with Gasteiger partial charge in [0.05, 0.1) is 4.90 Å². The summed E-state index contributed by atoms with van der Waals surface area (Å²) in [6.45, 7) is 0.998. The number of sulfone groups is 1. The van der Waals surface area contributed by atoms with Gasteiger partial charge in [0, 0.05) is 24.2 Å². The number of carbonyl (C=O) groups is 1. The Labute approximate surface area is 123 Å². The van der Waals surface area contributed by atoms with Crippen LogP contribution in [0.25, 0.3) is 0 Å². The summed E-state index contributed by atoms with van der Waals surface area (Å²) in [7, 11) is -3.63. The molecule has 5 nitrogen and oxygen atoms in total. The van der Waals surface area contributed by atoms with Gasteiger partial charge in [-0.1, -0.05) is 11.6 Å². The van der Waals surface area contributed by atoms with E-state index in [1.54, 1.807) is 0 Å². The first kappa shape index (κ1) is 15.3. The lowest BCUT2D eigenvalue weighted by molar-refractivity contribution is -0.129. The lowest BCUT2D eigenvalue weighted by Gasteiger charge is -2.30. The molecule has 1 aromatic rings. The zero-order valence-electron chi connectivity index (χ0n) is 11.0. The number of halogens is 1. The number of amides is 1. The summed E-state index contributed by atoms with van der Waals surface area (Å²) in [6.07, 6.45) is 1.68. The highest BCUT2D eigenvalue weighted by atomic mass is 35.5. The third-order valence-corrected chi connectivity index (χ3v) is 5.17. The van der Waals surface area contributed by atoms with Crippen molar-refractivity contribution in [2.75, 3.05) is 18.8 Å². The first-order chi connectivity index (χ1) is 9.38. The van der Waals surface area contributed by atoms with Gasteiger partial charge < -0.3 is 10.6 Å². The molecule has 0 aliphatic carbocycles. The molecule has 2 N–H and O–H groups in total. The van der Waals surface area contributed by atoms with Crippen LogP contribution in [0.4, 0.5) is 0 Å². The van der Waals surface area contributed by atoms with Gasteiger partial charge in [0.2, 0.25) is 5.91 Å². The van der Waals surface area contributed by atoms with Crippen LogP contribution in [-0.4, -0.2) is 44.1 Å². The summed E-state index contributed by atoms with van der Waals surface area (Å²) in [5.74, 6) is -0.920. The summed E-state index contributed by atoms with van der Waals surface area (Å²) in [5.41, 5.74) is 5.80. The van der Waals surface area contributed by atoms with E-state index < -0.39 is 21.5 Å². The molecule has 7 heteroatoms. The van der Waals surface area contributed by atoms with Crippen LogP contribution in [0.3, 0.4) is 0 Å². The first-order valence-corrected chi connectivity index (χ1v) is 8.43. The van der Waals surface area contributed by atoms with E-state index in [1.165, 1.54) is 29.2 Å². The van der Waals surface area contributed by atoms with Gasteiger partial charge in [-0.3, -0.25) is 4.79 Å². The van der Waals surface area contributed by atoms with Crippen LogP contribution in [0.15, 0.2) is 29.2 Å². The molecule has 1 heterocycles. The number of carbonyl (C=O) groups excluding carboxylic acids is 1. The number of hydrogen-bond acceptors (Lipinski definition) is 4. The van der Waals surface area contributed by atoms with Gasteiger partial charge in [0.15, 0.2) is 9.84 Å². The van der Waals surface area contributed by atoms with Crippen LogP contribution in [0, 0.1) is 0 Å². The van der Waals surface area contributed by atoms with Gasteiger partial charge in [-0.15, -0.1) is 0 Å². The Morgan fingerprint density at radius 3 is 2.60 bits per heavy atom. The highest BCUT2D eigenvalue weighted by Crippen LogP contribution is 2.17. The zero-order valence-corrected chi connectivity index (χ0v) is 12.5. The predicted molar refractivity (Wildman–Crippen MR) is 77.3 cm³/mol. The largest absolute Gasteiger partial charge is 0.340 e. The summed E-state index contributed by atoms with van der Waals surface area (Å²) < 4.78 is 24.3. The van der Waals surface area contributed by atoms with Gasteiger partial charge in [0.1, 0.15) is 5.75 Å². The Morgan fingerprint density at radius 2 is 2.00 bits per heavy atom. The molecular weight excluding hydrogens is 300 g/mol. The number of nitrogens with zero attached hydrogens (tertiary/aromatic N) is 1. The smallest absolute Gasteiger partial charge is 0.238 e. The fourth-order valence-electron chi connectivity index (χ4n) is 2.22. The second-order valence-corrected chi connectivity index (χ2v) is 7.38. The van der Waals surface area contributed by atoms with Crippen molar-refractivity contribution in [2.45, 2.75) is 23.8 Å². The minimum atomic E-state index is -3.63. The van der Waals surface area contributed by atoms with Crippen molar-refractivity contribution < 1.29 is 13.2 Å². The van der Waals surface area contributed by atoms with Crippen LogP contribution in [0.5, 0.6) is 0 Å². The average molecular weight is 317 g/mol. The van der Waals surface area contributed by atoms with E-state index in [0.29, 0.717) is 18.1 Å². The van der Waals surface area contributed by atoms with Crippen molar-refractivity contribution >= 4 is 27.3 Å². The molecule has 110 valence electrons. The topological polar surface area (TPSA) is 80.5 Å². The molecule has 1 amide bonds. The summed E-state index contributed by atoms with van der Waals surface area (Å²) in [6, 6.07) is 5.75. The van der Waals surface area contributed by atoms with Gasteiger partial charge in [-0.2, -0.15) is 0 Å². The molecule has 1 atom stereocenters. The summed E-state index contributed by atoms with van der Waals surface area (Å²) in [4.78, 5) is 13.7. The van der Waals surface area contributed by atoms with E-state index in [4.69, 9.17) is 17.3 Å². The van der Waals surface area contributed by atoms with Crippen LogP contribution < -0.4 is 5.73 Å². The second kappa shape index (κ2) is 6.11. The molecule has 1 aliphatic rings. The molecule has 0 bridgehead atoms. The van der Waals surface area contributed by atoms with Crippen LogP contribution in [-0.2, 0) is 14.6 Å². The average Bonchev–Trinajstić information content (AvgIpc) is 2.38. The zero-order chi connectivity index (χ0) is 14.8. The highest BCUT2D eigenvalue weighted by molar-refractivity contribution is 7.92. The lowest BCUT2D eigenvalue weighted by Crippen LogP contribution is -2.47. The standard InChI is InChI=1S/C13H17ClN2O3S/c14-10-3-5-12(6-4-10)20(18,19)9-13(17)16-7-1-2-11(15)8-16/h3-6,11H,1-2,7-9,15H2. The summed E-state index contributed by atoms with van der Waals surface area (Å²) >= 11 is 5.72. The SMILES string of the molecule is NC1CCCN(C(=O)CS(=O)(=O)c2ccc(Cl)cc2)C1. The van der Waals surface area contributed by atoms with E-state index in [2.05, 4.69) is 0 Å². The summed E-state index contributed by atoms with van der Waals surface area (Å²) in [5, 5.41) is 0.456. The van der Waals surface area contributed by atoms with E-state index in [1.807, 2.05) is 0 Å². The van der Waals surface area contributed by atoms with E-state index in [-0.39, 0.29) is 10.9 Å². The molecule has 2 rings (SSSR count). The Kier molecular flexibility index (Phi) is 4.67. The highest BCUT2D eigenvalue weighted by Gasteiger charge is 2.26. The van der Waals surface area contributed by atoms with Crippen molar-refractivity contribution in [3.8, 4) is 0 Å². The maximum absolute atomic E-state index is 12.2. The Hall–Kier alpha value is -1.11. The monoisotopic (exact) mass is 316 g/mol. The van der Waals surface area contributed by atoms with Gasteiger partial charge >= 0.3 is 0 Å². The number of likely N-dealkylation sites (tertiary alicyclic amines) is 1. The Bertz CT molecular complexity index is 586. The minimum Gasteiger partial charge on any atom is -0.340 e. The molecule has 0 aromatic heterocycles. The normalized spacial score (nSPS) is 19.9. The number of piperidine rings is 1. The minimum absolute atomic E-state index is 0.0639. The number of benzene rings is 1. The Balaban J connectivity index is 2.08. The van der Waals surface area contributed by atoms with Gasteiger partial charge in [0.25, 0.3) is 0 Å². The maximum atomic E-state index is 12.2. The number of hydrogen-bond donors (Lipinski definition) is 1. The Morgan fingerprint density at radius 1 is 1.35 bits per heavy atom. The van der Waals surface area contributed by atoms with Crippen molar-refractivity contribution in [1.82, 2.24) is 4.90 Å². The second-order valence-electron chi connectivity index (χ2n) is 4.96. The molecule has 20 heavy (non-hydrogen) atoms. The molecule has 1 fully saturated rings. The molecule has 0 spiro atoms. The van der Waals surface area contributed by atoms with Crippen LogP contribution >= 0.6 is 11.6 Å². The lowest BCUT2D eigenvalue weighted by atomic mass is 10.1. The number of nitrogens with two attached hydrogens (primary N) is 1. The van der Waals surface area contributed by atoms with Crippen LogP contribution in [0.2, 0.25) is 5.02 Å². The third-order valence-electron chi connectivity index (χ3n) is 3.30. The molecule has 1 saturated heterocycles. The molecule has 1 aromatic carbocycles. The quantitative estimate of drug-likeness (QED) is 0.904. The predicted octanol–water partition coefficient (Wildman–Crippen LogP) is 1.06. The van der Waals surface area contributed by atoms with Crippen molar-refractivity contribution in [1.29, 1.82) is 0 Å². The number of rotatable bonds is 3. The molecule has 1 unspecified atom stereocenters. The van der Waals surface area contributed by atoms with Crippen LogP contribution in [0.1, 0.15) is 12.8 Å². The van der Waals surface area contributed by atoms with E-state index in [9.17, 15) is 13.2 Å². The molecule has 0 saturated carbocycles. The first-order valence-electron chi connectivity index (χ1n) is 6.40. The van der Waals surface area contributed by atoms with E-state index >= 15 is 0 Å². The molecule has 0 radical (unpaired) electrons.